The molecule has 0 bridgehead atoms. The van der Waals surface area contributed by atoms with Gasteiger partial charge in [-0.05, 0) is 43.0 Å². The molecule has 1 aliphatic rings. The fraction of sp³-hybridized carbons (Fsp3) is 0.312. The van der Waals surface area contributed by atoms with Crippen LogP contribution in [0.25, 0.3) is 0 Å². The number of rotatable bonds is 2. The molecule has 2 aromatic rings. The topological polar surface area (TPSA) is 57.2 Å². The molecule has 1 aromatic carbocycles. The van der Waals surface area contributed by atoms with Gasteiger partial charge in [-0.25, -0.2) is 0 Å². The number of furan rings is 1. The van der Waals surface area contributed by atoms with E-state index in [2.05, 4.69) is 6.07 Å². The van der Waals surface area contributed by atoms with Crippen molar-refractivity contribution in [2.24, 2.45) is 5.41 Å². The molecule has 0 radical (unpaired) electrons. The third-order valence-corrected chi connectivity index (χ3v) is 3.91. The van der Waals surface area contributed by atoms with Crippen LogP contribution < -0.4 is 0 Å². The Labute approximate surface area is 112 Å². The van der Waals surface area contributed by atoms with Crippen LogP contribution in [-0.2, 0) is 12.8 Å². The zero-order chi connectivity index (χ0) is 13.5. The Hall–Kier alpha value is -2.05. The lowest BCUT2D eigenvalue weighted by molar-refractivity contribution is 0.0490. The average molecular weight is 253 g/mol. The summed E-state index contributed by atoms with van der Waals surface area (Å²) in [6.07, 6.45) is 0.250. The number of benzene rings is 1. The summed E-state index contributed by atoms with van der Waals surface area (Å²) >= 11 is 0. The second-order valence-electron chi connectivity index (χ2n) is 5.24. The van der Waals surface area contributed by atoms with Gasteiger partial charge in [0.15, 0.2) is 0 Å². The Morgan fingerprint density at radius 1 is 1.21 bits per heavy atom. The van der Waals surface area contributed by atoms with Crippen LogP contribution in [0.5, 0.6) is 0 Å². The van der Waals surface area contributed by atoms with Gasteiger partial charge in [-0.1, -0.05) is 24.3 Å². The lowest BCUT2D eigenvalue weighted by Gasteiger charge is -2.25. The Balaban J connectivity index is 1.97. The van der Waals surface area contributed by atoms with Gasteiger partial charge in [-0.15, -0.1) is 0 Å². The number of hydrogen-bond donors (Lipinski definition) is 1. The van der Waals surface area contributed by atoms with Crippen molar-refractivity contribution in [1.82, 2.24) is 0 Å². The van der Waals surface area contributed by atoms with Gasteiger partial charge in [0, 0.05) is 0 Å². The first-order valence-electron chi connectivity index (χ1n) is 6.37. The number of nitriles is 1. The normalized spacial score (nSPS) is 17.7. The van der Waals surface area contributed by atoms with Crippen LogP contribution in [-0.4, -0.2) is 5.11 Å². The van der Waals surface area contributed by atoms with E-state index in [0.29, 0.717) is 18.6 Å². The highest BCUT2D eigenvalue weighted by atomic mass is 16.4. The minimum absolute atomic E-state index is 0.479. The molecule has 0 fully saturated rings. The van der Waals surface area contributed by atoms with Gasteiger partial charge in [0.05, 0.1) is 11.5 Å². The molecule has 0 spiro atoms. The van der Waals surface area contributed by atoms with Crippen LogP contribution >= 0.6 is 0 Å². The molecule has 3 heteroatoms. The van der Waals surface area contributed by atoms with E-state index in [1.807, 2.05) is 37.3 Å². The van der Waals surface area contributed by atoms with E-state index < -0.39 is 11.5 Å². The molecule has 0 saturated carbocycles. The SMILES string of the molecule is Cc1ccc(C(O)C2(C#N)Cc3ccccc3C2)o1. The van der Waals surface area contributed by atoms with Crippen LogP contribution in [0, 0.1) is 23.7 Å². The fourth-order valence-electron chi connectivity index (χ4n) is 2.85. The minimum Gasteiger partial charge on any atom is -0.464 e. The second kappa shape index (κ2) is 4.25. The highest BCUT2D eigenvalue weighted by Crippen LogP contribution is 2.45. The van der Waals surface area contributed by atoms with Crippen LogP contribution in [0.15, 0.2) is 40.8 Å². The van der Waals surface area contributed by atoms with Crippen molar-refractivity contribution in [1.29, 1.82) is 5.26 Å². The summed E-state index contributed by atoms with van der Waals surface area (Å²) in [4.78, 5) is 0. The predicted octanol–water partition coefficient (Wildman–Crippen LogP) is 2.93. The van der Waals surface area contributed by atoms with Gasteiger partial charge in [-0.2, -0.15) is 5.26 Å². The number of hydrogen-bond acceptors (Lipinski definition) is 3. The molecular formula is C16H15NO2. The van der Waals surface area contributed by atoms with Crippen LogP contribution in [0.2, 0.25) is 0 Å². The van der Waals surface area contributed by atoms with Crippen molar-refractivity contribution in [2.45, 2.75) is 25.9 Å². The molecule has 1 atom stereocenters. The molecule has 1 N–H and O–H groups in total. The third-order valence-electron chi connectivity index (χ3n) is 3.91. The van der Waals surface area contributed by atoms with Gasteiger partial charge in [0.25, 0.3) is 0 Å². The maximum Gasteiger partial charge on any atom is 0.134 e. The van der Waals surface area contributed by atoms with E-state index >= 15 is 0 Å². The fourth-order valence-corrected chi connectivity index (χ4v) is 2.85. The van der Waals surface area contributed by atoms with Crippen molar-refractivity contribution in [2.75, 3.05) is 0 Å². The lowest BCUT2D eigenvalue weighted by atomic mass is 9.79. The Bertz CT molecular complexity index is 626. The highest BCUT2D eigenvalue weighted by Gasteiger charge is 2.45. The molecule has 19 heavy (non-hydrogen) atoms. The molecule has 1 unspecified atom stereocenters. The smallest absolute Gasteiger partial charge is 0.134 e. The summed E-state index contributed by atoms with van der Waals surface area (Å²) in [6.45, 7) is 1.83. The molecule has 3 nitrogen and oxygen atoms in total. The summed E-state index contributed by atoms with van der Waals surface area (Å²) in [6, 6.07) is 13.9. The Morgan fingerprint density at radius 3 is 2.32 bits per heavy atom. The Kier molecular flexibility index (Phi) is 2.69. The van der Waals surface area contributed by atoms with Gasteiger partial charge >= 0.3 is 0 Å². The second-order valence-corrected chi connectivity index (χ2v) is 5.24. The first-order valence-corrected chi connectivity index (χ1v) is 6.37. The summed E-state index contributed by atoms with van der Waals surface area (Å²) in [7, 11) is 0. The zero-order valence-corrected chi connectivity index (χ0v) is 10.8. The minimum atomic E-state index is -0.890. The summed E-state index contributed by atoms with van der Waals surface area (Å²) in [5.74, 6) is 1.23. The van der Waals surface area contributed by atoms with Crippen molar-refractivity contribution in [3.8, 4) is 6.07 Å². The molecule has 3 rings (SSSR count). The molecule has 1 heterocycles. The summed E-state index contributed by atoms with van der Waals surface area (Å²) in [5, 5.41) is 20.1. The number of aliphatic hydroxyl groups is 1. The van der Waals surface area contributed by atoms with Crippen molar-refractivity contribution < 1.29 is 9.52 Å². The summed E-state index contributed by atoms with van der Waals surface area (Å²) in [5.41, 5.74) is 1.48. The van der Waals surface area contributed by atoms with Crippen LogP contribution in [0.1, 0.15) is 28.8 Å². The highest BCUT2D eigenvalue weighted by molar-refractivity contribution is 5.38. The lowest BCUT2D eigenvalue weighted by Crippen LogP contribution is -2.28. The van der Waals surface area contributed by atoms with Gasteiger partial charge in [0.1, 0.15) is 17.6 Å². The van der Waals surface area contributed by atoms with E-state index in [1.165, 1.54) is 0 Å². The molecule has 96 valence electrons. The maximum absolute atomic E-state index is 10.5. The third kappa shape index (κ3) is 1.85. The quantitative estimate of drug-likeness (QED) is 0.895. The number of aryl methyl sites for hydroxylation is 1. The summed E-state index contributed by atoms with van der Waals surface area (Å²) < 4.78 is 5.48. The molecular weight excluding hydrogens is 238 g/mol. The first-order chi connectivity index (χ1) is 9.14. The monoisotopic (exact) mass is 253 g/mol. The van der Waals surface area contributed by atoms with E-state index in [4.69, 9.17) is 4.42 Å². The number of fused-ring (bicyclic) bond motifs is 1. The van der Waals surface area contributed by atoms with Crippen LogP contribution in [0.3, 0.4) is 0 Å². The van der Waals surface area contributed by atoms with Gasteiger partial charge in [0.2, 0.25) is 0 Å². The number of aliphatic hydroxyl groups excluding tert-OH is 1. The Morgan fingerprint density at radius 2 is 1.84 bits per heavy atom. The van der Waals surface area contributed by atoms with E-state index in [1.54, 1.807) is 6.07 Å². The number of nitrogens with zero attached hydrogens (tertiary/aromatic N) is 1. The van der Waals surface area contributed by atoms with E-state index in [-0.39, 0.29) is 0 Å². The zero-order valence-electron chi connectivity index (χ0n) is 10.8. The molecule has 0 saturated heterocycles. The largest absolute Gasteiger partial charge is 0.464 e. The first kappa shape index (κ1) is 12.0. The molecule has 1 aromatic heterocycles. The van der Waals surface area contributed by atoms with Crippen molar-refractivity contribution in [3.05, 3.63) is 59.0 Å². The molecule has 0 aliphatic heterocycles. The van der Waals surface area contributed by atoms with Crippen LogP contribution in [0.4, 0.5) is 0 Å². The van der Waals surface area contributed by atoms with Gasteiger partial charge < -0.3 is 9.52 Å². The molecule has 0 amide bonds. The van der Waals surface area contributed by atoms with E-state index in [9.17, 15) is 10.4 Å². The standard InChI is InChI=1S/C16H15NO2/c1-11-6-7-14(19-11)15(18)16(10-17)8-12-4-2-3-5-13(12)9-16/h2-7,15,18H,8-9H2,1H3. The van der Waals surface area contributed by atoms with Crippen molar-refractivity contribution in [3.63, 3.8) is 0 Å². The average Bonchev–Trinajstić information content (AvgIpc) is 3.01. The van der Waals surface area contributed by atoms with Gasteiger partial charge in [-0.3, -0.25) is 0 Å². The molecule has 1 aliphatic carbocycles. The van der Waals surface area contributed by atoms with E-state index in [0.717, 1.165) is 16.9 Å². The predicted molar refractivity (Wildman–Crippen MR) is 70.3 cm³/mol. The van der Waals surface area contributed by atoms with Crippen molar-refractivity contribution >= 4 is 0 Å². The maximum atomic E-state index is 10.5.